The molecule has 0 bridgehead atoms. The summed E-state index contributed by atoms with van der Waals surface area (Å²) in [7, 11) is 3.04. The Hall–Kier alpha value is -1.66. The molecule has 0 unspecified atom stereocenters. The van der Waals surface area contributed by atoms with Crippen molar-refractivity contribution in [1.82, 2.24) is 5.32 Å². The molecule has 0 radical (unpaired) electrons. The van der Waals surface area contributed by atoms with Crippen LogP contribution in [0.1, 0.15) is 5.56 Å². The van der Waals surface area contributed by atoms with Crippen LogP contribution in [0, 0.1) is 0 Å². The molecule has 1 aromatic carbocycles. The standard InChI is InChI=1S/C14H19F2NO3/c1-18-10-9-17-8-4-6-11-5-3-7-12(19-2)13(11)20-14(15)16/h3-7,14,17H,8-10H2,1-2H3. The zero-order valence-electron chi connectivity index (χ0n) is 11.6. The second-order valence-corrected chi connectivity index (χ2v) is 3.86. The number of ether oxygens (including phenoxy) is 3. The maximum Gasteiger partial charge on any atom is 0.387 e. The first-order valence-corrected chi connectivity index (χ1v) is 6.17. The summed E-state index contributed by atoms with van der Waals surface area (Å²) < 4.78 is 39.3. The predicted octanol–water partition coefficient (Wildman–Crippen LogP) is 2.55. The minimum Gasteiger partial charge on any atom is -0.493 e. The second kappa shape index (κ2) is 9.28. The quantitative estimate of drug-likeness (QED) is 0.709. The van der Waals surface area contributed by atoms with Crippen molar-refractivity contribution in [2.24, 2.45) is 0 Å². The van der Waals surface area contributed by atoms with Crippen LogP contribution in [0.25, 0.3) is 6.08 Å². The van der Waals surface area contributed by atoms with E-state index in [4.69, 9.17) is 9.47 Å². The summed E-state index contributed by atoms with van der Waals surface area (Å²) in [5.74, 6) is 0.318. The number of halogens is 2. The summed E-state index contributed by atoms with van der Waals surface area (Å²) in [5.41, 5.74) is 0.540. The van der Waals surface area contributed by atoms with Crippen LogP contribution in [0.15, 0.2) is 24.3 Å². The van der Waals surface area contributed by atoms with E-state index in [0.717, 1.165) is 6.54 Å². The molecule has 1 rings (SSSR count). The number of benzene rings is 1. The molecular formula is C14H19F2NO3. The van der Waals surface area contributed by atoms with E-state index in [1.165, 1.54) is 7.11 Å². The minimum atomic E-state index is -2.89. The monoisotopic (exact) mass is 287 g/mol. The molecule has 0 amide bonds. The van der Waals surface area contributed by atoms with Crippen LogP contribution in [-0.2, 0) is 4.74 Å². The lowest BCUT2D eigenvalue weighted by Gasteiger charge is -2.12. The van der Waals surface area contributed by atoms with Gasteiger partial charge in [0.05, 0.1) is 13.7 Å². The molecule has 6 heteroatoms. The van der Waals surface area contributed by atoms with Crippen LogP contribution in [0.4, 0.5) is 8.78 Å². The molecule has 0 atom stereocenters. The number of alkyl halides is 2. The Kier molecular flexibility index (Phi) is 7.60. The molecule has 0 aliphatic carbocycles. The van der Waals surface area contributed by atoms with Crippen molar-refractivity contribution in [1.29, 1.82) is 0 Å². The Morgan fingerprint density at radius 3 is 2.75 bits per heavy atom. The topological polar surface area (TPSA) is 39.7 Å². The first kappa shape index (κ1) is 16.4. The number of rotatable bonds is 9. The Balaban J connectivity index is 2.70. The zero-order chi connectivity index (χ0) is 14.8. The van der Waals surface area contributed by atoms with E-state index in [0.29, 0.717) is 18.7 Å². The molecule has 0 aliphatic heterocycles. The van der Waals surface area contributed by atoms with E-state index in [9.17, 15) is 8.78 Å². The number of para-hydroxylation sites is 1. The fourth-order valence-electron chi connectivity index (χ4n) is 1.59. The van der Waals surface area contributed by atoms with Gasteiger partial charge in [-0.2, -0.15) is 8.78 Å². The highest BCUT2D eigenvalue weighted by molar-refractivity contribution is 5.62. The lowest BCUT2D eigenvalue weighted by Crippen LogP contribution is -2.18. The zero-order valence-corrected chi connectivity index (χ0v) is 11.6. The molecule has 1 N–H and O–H groups in total. The molecule has 0 saturated heterocycles. The van der Waals surface area contributed by atoms with Gasteiger partial charge in [-0.05, 0) is 6.07 Å². The SMILES string of the molecule is COCCNCC=Cc1cccc(OC)c1OC(F)F. The highest BCUT2D eigenvalue weighted by atomic mass is 19.3. The average molecular weight is 287 g/mol. The smallest absolute Gasteiger partial charge is 0.387 e. The van der Waals surface area contributed by atoms with Crippen LogP contribution < -0.4 is 14.8 Å². The molecule has 0 spiro atoms. The first-order chi connectivity index (χ1) is 9.69. The van der Waals surface area contributed by atoms with Gasteiger partial charge >= 0.3 is 6.61 Å². The normalized spacial score (nSPS) is 11.2. The minimum absolute atomic E-state index is 0.0399. The largest absolute Gasteiger partial charge is 0.493 e. The van der Waals surface area contributed by atoms with Gasteiger partial charge in [0.2, 0.25) is 0 Å². The lowest BCUT2D eigenvalue weighted by molar-refractivity contribution is -0.0513. The van der Waals surface area contributed by atoms with Crippen molar-refractivity contribution in [2.45, 2.75) is 6.61 Å². The van der Waals surface area contributed by atoms with Gasteiger partial charge in [0, 0.05) is 25.8 Å². The molecule has 20 heavy (non-hydrogen) atoms. The van der Waals surface area contributed by atoms with E-state index in [1.54, 1.807) is 31.4 Å². The van der Waals surface area contributed by atoms with E-state index in [2.05, 4.69) is 10.1 Å². The number of methoxy groups -OCH3 is 2. The number of hydrogen-bond donors (Lipinski definition) is 1. The number of hydrogen-bond acceptors (Lipinski definition) is 4. The van der Waals surface area contributed by atoms with E-state index >= 15 is 0 Å². The second-order valence-electron chi connectivity index (χ2n) is 3.86. The highest BCUT2D eigenvalue weighted by Crippen LogP contribution is 2.33. The lowest BCUT2D eigenvalue weighted by atomic mass is 10.1. The van der Waals surface area contributed by atoms with Crippen LogP contribution in [-0.4, -0.2) is 40.5 Å². The maximum atomic E-state index is 12.4. The highest BCUT2D eigenvalue weighted by Gasteiger charge is 2.13. The first-order valence-electron chi connectivity index (χ1n) is 6.17. The predicted molar refractivity (Wildman–Crippen MR) is 73.4 cm³/mol. The van der Waals surface area contributed by atoms with Crippen LogP contribution in [0.5, 0.6) is 11.5 Å². The Bertz CT molecular complexity index is 425. The van der Waals surface area contributed by atoms with Crippen molar-refractivity contribution in [2.75, 3.05) is 33.9 Å². The van der Waals surface area contributed by atoms with Crippen molar-refractivity contribution < 1.29 is 23.0 Å². The van der Waals surface area contributed by atoms with Crippen LogP contribution in [0.2, 0.25) is 0 Å². The fourth-order valence-corrected chi connectivity index (χ4v) is 1.59. The van der Waals surface area contributed by atoms with Gasteiger partial charge in [0.1, 0.15) is 0 Å². The third-order valence-electron chi connectivity index (χ3n) is 2.48. The van der Waals surface area contributed by atoms with Crippen molar-refractivity contribution in [3.05, 3.63) is 29.8 Å². The third-order valence-corrected chi connectivity index (χ3v) is 2.48. The molecule has 0 aromatic heterocycles. The van der Waals surface area contributed by atoms with E-state index in [-0.39, 0.29) is 11.5 Å². The van der Waals surface area contributed by atoms with Gasteiger partial charge in [-0.3, -0.25) is 0 Å². The summed E-state index contributed by atoms with van der Waals surface area (Å²) >= 11 is 0. The van der Waals surface area contributed by atoms with Gasteiger partial charge in [0.25, 0.3) is 0 Å². The molecule has 0 heterocycles. The number of nitrogens with one attached hydrogen (secondary N) is 1. The molecule has 1 aromatic rings. The molecule has 112 valence electrons. The maximum absolute atomic E-state index is 12.4. The molecule has 0 fully saturated rings. The van der Waals surface area contributed by atoms with E-state index in [1.807, 2.05) is 6.08 Å². The van der Waals surface area contributed by atoms with Crippen LogP contribution in [0.3, 0.4) is 0 Å². The van der Waals surface area contributed by atoms with Gasteiger partial charge in [-0.1, -0.05) is 24.3 Å². The van der Waals surface area contributed by atoms with Gasteiger partial charge < -0.3 is 19.5 Å². The van der Waals surface area contributed by atoms with Crippen molar-refractivity contribution in [3.8, 4) is 11.5 Å². The van der Waals surface area contributed by atoms with Gasteiger partial charge in [-0.15, -0.1) is 0 Å². The molecule has 0 aliphatic rings. The molecule has 4 nitrogen and oxygen atoms in total. The Morgan fingerprint density at radius 1 is 1.30 bits per heavy atom. The molecule has 0 saturated carbocycles. The third kappa shape index (κ3) is 5.54. The summed E-state index contributed by atoms with van der Waals surface area (Å²) in [4.78, 5) is 0. The fraction of sp³-hybridized carbons (Fsp3) is 0.429. The average Bonchev–Trinajstić information content (AvgIpc) is 2.43. The van der Waals surface area contributed by atoms with Crippen LogP contribution >= 0.6 is 0 Å². The summed E-state index contributed by atoms with van der Waals surface area (Å²) in [5, 5.41) is 3.11. The van der Waals surface area contributed by atoms with Crippen molar-refractivity contribution >= 4 is 6.08 Å². The van der Waals surface area contributed by atoms with Gasteiger partial charge in [0.15, 0.2) is 11.5 Å². The summed E-state index contributed by atoms with van der Waals surface area (Å²) in [6, 6.07) is 4.98. The Labute approximate surface area is 117 Å². The Morgan fingerprint density at radius 2 is 2.10 bits per heavy atom. The summed E-state index contributed by atoms with van der Waals surface area (Å²) in [6.45, 7) is -0.945. The van der Waals surface area contributed by atoms with Gasteiger partial charge in [-0.25, -0.2) is 0 Å². The van der Waals surface area contributed by atoms with Crippen molar-refractivity contribution in [3.63, 3.8) is 0 Å². The molecular weight excluding hydrogens is 268 g/mol. The summed E-state index contributed by atoms with van der Waals surface area (Å²) in [6.07, 6.45) is 3.53. The van der Waals surface area contributed by atoms with E-state index < -0.39 is 6.61 Å².